The first-order chi connectivity index (χ1) is 14.5. The van der Waals surface area contributed by atoms with Crippen LogP contribution in [0.3, 0.4) is 0 Å². The molecule has 0 unspecified atom stereocenters. The van der Waals surface area contributed by atoms with Crippen LogP contribution >= 0.6 is 11.8 Å². The van der Waals surface area contributed by atoms with E-state index < -0.39 is 0 Å². The van der Waals surface area contributed by atoms with Gasteiger partial charge in [0.15, 0.2) is 0 Å². The highest BCUT2D eigenvalue weighted by Gasteiger charge is 2.51. The number of hydrogen-bond donors (Lipinski definition) is 1. The fourth-order valence-electron chi connectivity index (χ4n) is 6.12. The summed E-state index contributed by atoms with van der Waals surface area (Å²) >= 11 is 1.43. The van der Waals surface area contributed by atoms with Gasteiger partial charge in [0, 0.05) is 5.54 Å². The molecular formula is C22H29N5O2S. The van der Waals surface area contributed by atoms with E-state index in [0.29, 0.717) is 11.7 Å². The predicted octanol–water partition coefficient (Wildman–Crippen LogP) is 3.30. The number of aromatic nitrogens is 4. The summed E-state index contributed by atoms with van der Waals surface area (Å²) in [7, 11) is 1.65. The molecule has 0 aliphatic heterocycles. The minimum atomic E-state index is -0.237. The van der Waals surface area contributed by atoms with Gasteiger partial charge in [0.1, 0.15) is 5.75 Å². The van der Waals surface area contributed by atoms with Gasteiger partial charge in [-0.15, -0.1) is 5.10 Å². The lowest BCUT2D eigenvalue weighted by Crippen LogP contribution is -2.60. The van der Waals surface area contributed by atoms with Crippen LogP contribution in [0.1, 0.15) is 51.0 Å². The minimum absolute atomic E-state index is 0.0374. The molecule has 8 heteroatoms. The SMILES string of the molecule is COc1ccc(Cn2nnnc2S[C@@H](C)C(=O)NC23CC4CC(CC(C4)C2)C3)cc1. The third-order valence-corrected chi connectivity index (χ3v) is 8.14. The number of hydrogen-bond acceptors (Lipinski definition) is 6. The Kier molecular flexibility index (Phi) is 5.21. The smallest absolute Gasteiger partial charge is 0.233 e. The van der Waals surface area contributed by atoms with Crippen molar-refractivity contribution in [1.29, 1.82) is 0 Å². The van der Waals surface area contributed by atoms with Gasteiger partial charge in [0.05, 0.1) is 18.9 Å². The Morgan fingerprint density at radius 1 is 1.20 bits per heavy atom. The van der Waals surface area contributed by atoms with Gasteiger partial charge >= 0.3 is 0 Å². The molecule has 4 aliphatic rings. The summed E-state index contributed by atoms with van der Waals surface area (Å²) in [6.45, 7) is 2.51. The van der Waals surface area contributed by atoms with Crippen molar-refractivity contribution in [1.82, 2.24) is 25.5 Å². The van der Waals surface area contributed by atoms with Crippen molar-refractivity contribution < 1.29 is 9.53 Å². The summed E-state index contributed by atoms with van der Waals surface area (Å²) in [5.41, 5.74) is 1.12. The van der Waals surface area contributed by atoms with Crippen LogP contribution in [-0.2, 0) is 11.3 Å². The van der Waals surface area contributed by atoms with Crippen molar-refractivity contribution in [2.75, 3.05) is 7.11 Å². The Bertz CT molecular complexity index is 877. The molecule has 1 heterocycles. The number of methoxy groups -OCH3 is 1. The zero-order valence-electron chi connectivity index (χ0n) is 17.6. The summed E-state index contributed by atoms with van der Waals surface area (Å²) in [4.78, 5) is 13.1. The normalized spacial score (nSPS) is 30.3. The lowest BCUT2D eigenvalue weighted by molar-refractivity contribution is -0.126. The van der Waals surface area contributed by atoms with E-state index in [9.17, 15) is 4.79 Å². The molecule has 0 radical (unpaired) electrons. The molecule has 4 bridgehead atoms. The van der Waals surface area contributed by atoms with E-state index in [2.05, 4.69) is 20.8 Å². The van der Waals surface area contributed by atoms with Gasteiger partial charge in [-0.2, -0.15) is 0 Å². The molecular weight excluding hydrogens is 398 g/mol. The topological polar surface area (TPSA) is 81.9 Å². The third kappa shape index (κ3) is 3.94. The summed E-state index contributed by atoms with van der Waals surface area (Å²) in [5.74, 6) is 3.38. The molecule has 1 amide bonds. The van der Waals surface area contributed by atoms with Crippen LogP contribution in [0.25, 0.3) is 0 Å². The number of carbonyl (C=O) groups excluding carboxylic acids is 1. The molecule has 160 valence electrons. The number of ether oxygens (including phenoxy) is 1. The second-order valence-electron chi connectivity index (χ2n) is 9.41. The monoisotopic (exact) mass is 427 g/mol. The van der Waals surface area contributed by atoms with Crippen LogP contribution in [0.2, 0.25) is 0 Å². The predicted molar refractivity (Wildman–Crippen MR) is 114 cm³/mol. The Balaban J connectivity index is 1.22. The molecule has 0 spiro atoms. The fraction of sp³-hybridized carbons (Fsp3) is 0.636. The molecule has 30 heavy (non-hydrogen) atoms. The number of benzene rings is 1. The molecule has 2 aromatic rings. The van der Waals surface area contributed by atoms with Crippen LogP contribution in [0, 0.1) is 17.8 Å². The molecule has 4 fully saturated rings. The van der Waals surface area contributed by atoms with E-state index >= 15 is 0 Å². The third-order valence-electron chi connectivity index (χ3n) is 7.07. The van der Waals surface area contributed by atoms with Crippen molar-refractivity contribution >= 4 is 17.7 Å². The first kappa shape index (κ1) is 19.8. The van der Waals surface area contributed by atoms with Crippen LogP contribution < -0.4 is 10.1 Å². The zero-order valence-corrected chi connectivity index (χ0v) is 18.4. The number of nitrogens with one attached hydrogen (secondary N) is 1. The van der Waals surface area contributed by atoms with Crippen molar-refractivity contribution in [3.05, 3.63) is 29.8 Å². The maximum atomic E-state index is 13.1. The van der Waals surface area contributed by atoms with Gasteiger partial charge in [0.2, 0.25) is 11.1 Å². The highest BCUT2D eigenvalue weighted by atomic mass is 32.2. The van der Waals surface area contributed by atoms with E-state index in [1.165, 1.54) is 50.3 Å². The molecule has 4 aliphatic carbocycles. The van der Waals surface area contributed by atoms with E-state index in [1.54, 1.807) is 11.8 Å². The molecule has 4 saturated carbocycles. The fourth-order valence-corrected chi connectivity index (χ4v) is 6.91. The number of carbonyl (C=O) groups is 1. The number of nitrogens with zero attached hydrogens (tertiary/aromatic N) is 4. The van der Waals surface area contributed by atoms with Gasteiger partial charge < -0.3 is 10.1 Å². The van der Waals surface area contributed by atoms with Crippen molar-refractivity contribution in [3.8, 4) is 5.75 Å². The summed E-state index contributed by atoms with van der Waals surface area (Å²) in [5, 5.41) is 16.0. The quantitative estimate of drug-likeness (QED) is 0.683. The van der Waals surface area contributed by atoms with Crippen LogP contribution in [0.4, 0.5) is 0 Å². The van der Waals surface area contributed by atoms with E-state index in [0.717, 1.165) is 29.1 Å². The Morgan fingerprint density at radius 2 is 1.83 bits per heavy atom. The number of rotatable bonds is 7. The average Bonchev–Trinajstić information content (AvgIpc) is 3.13. The number of tetrazole rings is 1. The molecule has 1 aromatic carbocycles. The first-order valence-electron chi connectivity index (χ1n) is 10.9. The van der Waals surface area contributed by atoms with Gasteiger partial charge in [-0.3, -0.25) is 4.79 Å². The van der Waals surface area contributed by atoms with Gasteiger partial charge in [-0.05, 0) is 91.3 Å². The van der Waals surface area contributed by atoms with Crippen LogP contribution in [-0.4, -0.2) is 44.0 Å². The van der Waals surface area contributed by atoms with Crippen LogP contribution in [0.5, 0.6) is 5.75 Å². The zero-order chi connectivity index (χ0) is 20.7. The summed E-state index contributed by atoms with van der Waals surface area (Å²) in [6.07, 6.45) is 7.62. The van der Waals surface area contributed by atoms with Crippen LogP contribution in [0.15, 0.2) is 29.4 Å². The lowest BCUT2D eigenvalue weighted by Gasteiger charge is -2.57. The van der Waals surface area contributed by atoms with Crippen molar-refractivity contribution in [3.63, 3.8) is 0 Å². The number of amides is 1. The molecule has 1 atom stereocenters. The first-order valence-corrected chi connectivity index (χ1v) is 11.8. The van der Waals surface area contributed by atoms with Gasteiger partial charge in [0.25, 0.3) is 0 Å². The van der Waals surface area contributed by atoms with Crippen molar-refractivity contribution in [2.45, 2.75) is 67.9 Å². The Labute approximate surface area is 181 Å². The average molecular weight is 428 g/mol. The Morgan fingerprint density at radius 3 is 2.43 bits per heavy atom. The second kappa shape index (κ2) is 7.87. The second-order valence-corrected chi connectivity index (χ2v) is 10.7. The maximum Gasteiger partial charge on any atom is 0.233 e. The molecule has 1 N–H and O–H groups in total. The minimum Gasteiger partial charge on any atom is -0.497 e. The van der Waals surface area contributed by atoms with E-state index in [-0.39, 0.29) is 16.7 Å². The highest BCUT2D eigenvalue weighted by Crippen LogP contribution is 2.55. The Hall–Kier alpha value is -2.09. The lowest BCUT2D eigenvalue weighted by atomic mass is 9.53. The standard InChI is InChI=1S/C22H29N5O2S/c1-14(20(28)23-22-10-16-7-17(11-22)9-18(8-16)12-22)30-21-24-25-26-27(21)13-15-3-5-19(29-2)6-4-15/h3-6,14,16-18H,7-13H2,1-2H3,(H,23,28)/t14-,16?,17?,18?,22?/m0/s1. The van der Waals surface area contributed by atoms with Gasteiger partial charge in [-0.1, -0.05) is 23.9 Å². The summed E-state index contributed by atoms with van der Waals surface area (Å²) in [6, 6.07) is 7.85. The maximum absolute atomic E-state index is 13.1. The van der Waals surface area contributed by atoms with Crippen molar-refractivity contribution in [2.24, 2.45) is 17.8 Å². The molecule has 0 saturated heterocycles. The van der Waals surface area contributed by atoms with E-state index in [4.69, 9.17) is 4.74 Å². The molecule has 1 aromatic heterocycles. The number of thioether (sulfide) groups is 1. The highest BCUT2D eigenvalue weighted by molar-refractivity contribution is 8.00. The molecule has 7 nitrogen and oxygen atoms in total. The molecule has 6 rings (SSSR count). The van der Waals surface area contributed by atoms with Gasteiger partial charge in [-0.25, -0.2) is 4.68 Å². The van der Waals surface area contributed by atoms with E-state index in [1.807, 2.05) is 31.2 Å². The summed E-state index contributed by atoms with van der Waals surface area (Å²) < 4.78 is 6.96. The largest absolute Gasteiger partial charge is 0.497 e.